The molecule has 1 fully saturated rings. The van der Waals surface area contributed by atoms with E-state index in [1.165, 1.54) is 58.5 Å². The van der Waals surface area contributed by atoms with E-state index in [1.807, 2.05) is 0 Å². The smallest absolute Gasteiger partial charge is 0.0110 e. The lowest BCUT2D eigenvalue weighted by Gasteiger charge is -2.34. The molecule has 1 aliphatic heterocycles. The van der Waals surface area contributed by atoms with Crippen molar-refractivity contribution in [2.75, 3.05) is 45.8 Å². The van der Waals surface area contributed by atoms with Crippen LogP contribution in [0, 0.1) is 5.92 Å². The Morgan fingerprint density at radius 2 is 1.53 bits per heavy atom. The molecule has 0 radical (unpaired) electrons. The zero-order valence-electron chi connectivity index (χ0n) is 11.8. The SMILES string of the molecule is CCC(C)CCCN1CCN(CCCN)CC1. The second-order valence-electron chi connectivity index (χ2n) is 5.48. The fourth-order valence-electron chi connectivity index (χ4n) is 2.42. The summed E-state index contributed by atoms with van der Waals surface area (Å²) in [6.45, 7) is 13.0. The van der Waals surface area contributed by atoms with Crippen molar-refractivity contribution in [3.05, 3.63) is 0 Å². The predicted octanol–water partition coefficient (Wildman–Crippen LogP) is 1.78. The van der Waals surface area contributed by atoms with E-state index in [2.05, 4.69) is 23.6 Å². The molecule has 1 unspecified atom stereocenters. The average molecular weight is 241 g/mol. The van der Waals surface area contributed by atoms with E-state index in [1.54, 1.807) is 0 Å². The van der Waals surface area contributed by atoms with E-state index in [0.717, 1.165) is 18.9 Å². The van der Waals surface area contributed by atoms with Crippen LogP contribution in [-0.4, -0.2) is 55.6 Å². The third-order valence-electron chi connectivity index (χ3n) is 4.01. The molecule has 0 amide bonds. The zero-order valence-corrected chi connectivity index (χ0v) is 11.8. The summed E-state index contributed by atoms with van der Waals surface area (Å²) in [5.74, 6) is 0.904. The Morgan fingerprint density at radius 3 is 2.00 bits per heavy atom. The van der Waals surface area contributed by atoms with Gasteiger partial charge in [0.05, 0.1) is 0 Å². The molecule has 0 bridgehead atoms. The summed E-state index contributed by atoms with van der Waals surface area (Å²) >= 11 is 0. The van der Waals surface area contributed by atoms with Crippen LogP contribution in [0.2, 0.25) is 0 Å². The number of nitrogens with zero attached hydrogens (tertiary/aromatic N) is 2. The number of hydrogen-bond donors (Lipinski definition) is 1. The highest BCUT2D eigenvalue weighted by atomic mass is 15.3. The van der Waals surface area contributed by atoms with E-state index >= 15 is 0 Å². The fourth-order valence-corrected chi connectivity index (χ4v) is 2.42. The number of nitrogens with two attached hydrogens (primary N) is 1. The van der Waals surface area contributed by atoms with Gasteiger partial charge in [-0.1, -0.05) is 20.3 Å². The molecular weight excluding hydrogens is 210 g/mol. The highest BCUT2D eigenvalue weighted by Gasteiger charge is 2.15. The normalized spacial score (nSPS) is 20.6. The molecule has 2 N–H and O–H groups in total. The third-order valence-corrected chi connectivity index (χ3v) is 4.01. The van der Waals surface area contributed by atoms with Crippen LogP contribution in [0.15, 0.2) is 0 Å². The fraction of sp³-hybridized carbons (Fsp3) is 1.00. The summed E-state index contributed by atoms with van der Waals surface area (Å²) in [5.41, 5.74) is 5.54. The van der Waals surface area contributed by atoms with Crippen molar-refractivity contribution in [3.63, 3.8) is 0 Å². The molecule has 3 heteroatoms. The Kier molecular flexibility index (Phi) is 7.82. The molecule has 0 aromatic carbocycles. The molecule has 0 saturated carbocycles. The van der Waals surface area contributed by atoms with Crippen LogP contribution in [0.4, 0.5) is 0 Å². The van der Waals surface area contributed by atoms with Gasteiger partial charge in [0, 0.05) is 26.2 Å². The number of rotatable bonds is 8. The summed E-state index contributed by atoms with van der Waals surface area (Å²) in [5, 5.41) is 0. The first-order valence-electron chi connectivity index (χ1n) is 7.41. The largest absolute Gasteiger partial charge is 0.330 e. The number of hydrogen-bond acceptors (Lipinski definition) is 3. The predicted molar refractivity (Wildman–Crippen MR) is 75.2 cm³/mol. The van der Waals surface area contributed by atoms with Crippen molar-refractivity contribution >= 4 is 0 Å². The highest BCUT2D eigenvalue weighted by Crippen LogP contribution is 2.11. The van der Waals surface area contributed by atoms with Gasteiger partial charge < -0.3 is 15.5 Å². The maximum atomic E-state index is 5.54. The first-order valence-corrected chi connectivity index (χ1v) is 7.41. The summed E-state index contributed by atoms with van der Waals surface area (Å²) in [6.07, 6.45) is 5.24. The van der Waals surface area contributed by atoms with Gasteiger partial charge in [-0.3, -0.25) is 0 Å². The summed E-state index contributed by atoms with van der Waals surface area (Å²) in [4.78, 5) is 5.18. The Bertz CT molecular complexity index is 176. The second-order valence-corrected chi connectivity index (χ2v) is 5.48. The summed E-state index contributed by atoms with van der Waals surface area (Å²) in [6, 6.07) is 0. The summed E-state index contributed by atoms with van der Waals surface area (Å²) < 4.78 is 0. The van der Waals surface area contributed by atoms with Crippen molar-refractivity contribution in [1.82, 2.24) is 9.80 Å². The molecular formula is C14H31N3. The lowest BCUT2D eigenvalue weighted by Crippen LogP contribution is -2.47. The molecule has 0 aromatic rings. The van der Waals surface area contributed by atoms with Gasteiger partial charge in [-0.05, 0) is 44.8 Å². The van der Waals surface area contributed by atoms with Crippen LogP contribution < -0.4 is 5.73 Å². The Labute approximate surface area is 107 Å². The van der Waals surface area contributed by atoms with E-state index in [4.69, 9.17) is 5.73 Å². The monoisotopic (exact) mass is 241 g/mol. The zero-order chi connectivity index (χ0) is 12.5. The van der Waals surface area contributed by atoms with Gasteiger partial charge in [0.15, 0.2) is 0 Å². The minimum Gasteiger partial charge on any atom is -0.330 e. The van der Waals surface area contributed by atoms with Gasteiger partial charge in [-0.15, -0.1) is 0 Å². The quantitative estimate of drug-likeness (QED) is 0.703. The third kappa shape index (κ3) is 6.39. The van der Waals surface area contributed by atoms with E-state index in [0.29, 0.717) is 0 Å². The van der Waals surface area contributed by atoms with Gasteiger partial charge in [0.1, 0.15) is 0 Å². The lowest BCUT2D eigenvalue weighted by molar-refractivity contribution is 0.129. The Morgan fingerprint density at radius 1 is 1.00 bits per heavy atom. The van der Waals surface area contributed by atoms with Crippen molar-refractivity contribution in [1.29, 1.82) is 0 Å². The van der Waals surface area contributed by atoms with Crippen molar-refractivity contribution in [2.24, 2.45) is 11.7 Å². The standard InChI is InChI=1S/C14H31N3/c1-3-14(2)6-4-8-16-10-12-17(13-11-16)9-5-7-15/h14H,3-13,15H2,1-2H3. The van der Waals surface area contributed by atoms with Crippen LogP contribution >= 0.6 is 0 Å². The maximum Gasteiger partial charge on any atom is 0.0110 e. The molecule has 0 spiro atoms. The molecule has 1 saturated heterocycles. The van der Waals surface area contributed by atoms with Crippen molar-refractivity contribution in [2.45, 2.75) is 39.5 Å². The first kappa shape index (κ1) is 14.9. The maximum absolute atomic E-state index is 5.54. The van der Waals surface area contributed by atoms with Gasteiger partial charge in [-0.25, -0.2) is 0 Å². The van der Waals surface area contributed by atoms with Crippen LogP contribution in [0.25, 0.3) is 0 Å². The molecule has 17 heavy (non-hydrogen) atoms. The van der Waals surface area contributed by atoms with E-state index < -0.39 is 0 Å². The van der Waals surface area contributed by atoms with Crippen LogP contribution in [0.5, 0.6) is 0 Å². The molecule has 1 rings (SSSR count). The Hall–Kier alpha value is -0.120. The molecule has 102 valence electrons. The molecule has 1 aliphatic rings. The number of piperazine rings is 1. The van der Waals surface area contributed by atoms with Gasteiger partial charge in [0.2, 0.25) is 0 Å². The van der Waals surface area contributed by atoms with Gasteiger partial charge in [0.25, 0.3) is 0 Å². The molecule has 3 nitrogen and oxygen atoms in total. The van der Waals surface area contributed by atoms with Gasteiger partial charge in [-0.2, -0.15) is 0 Å². The van der Waals surface area contributed by atoms with E-state index in [-0.39, 0.29) is 0 Å². The summed E-state index contributed by atoms with van der Waals surface area (Å²) in [7, 11) is 0. The van der Waals surface area contributed by atoms with Crippen LogP contribution in [0.3, 0.4) is 0 Å². The van der Waals surface area contributed by atoms with Gasteiger partial charge >= 0.3 is 0 Å². The minimum atomic E-state index is 0.828. The first-order chi connectivity index (χ1) is 8.26. The molecule has 1 heterocycles. The van der Waals surface area contributed by atoms with Crippen LogP contribution in [-0.2, 0) is 0 Å². The topological polar surface area (TPSA) is 32.5 Å². The average Bonchev–Trinajstić information content (AvgIpc) is 2.37. The highest BCUT2D eigenvalue weighted by molar-refractivity contribution is 4.72. The van der Waals surface area contributed by atoms with Crippen molar-refractivity contribution < 1.29 is 0 Å². The van der Waals surface area contributed by atoms with Crippen LogP contribution in [0.1, 0.15) is 39.5 Å². The second kappa shape index (κ2) is 8.90. The molecule has 0 aliphatic carbocycles. The molecule has 1 atom stereocenters. The molecule has 0 aromatic heterocycles. The lowest BCUT2D eigenvalue weighted by atomic mass is 10.0. The minimum absolute atomic E-state index is 0.828. The van der Waals surface area contributed by atoms with E-state index in [9.17, 15) is 0 Å². The Balaban J connectivity index is 2.02. The van der Waals surface area contributed by atoms with Crippen molar-refractivity contribution in [3.8, 4) is 0 Å².